The zero-order chi connectivity index (χ0) is 14.8. The molecular formula is C11H12Br2N2O4Pt. The number of hydrogen-bond acceptors (Lipinski definition) is 6. The molecule has 6 nitrogen and oxygen atoms in total. The number of aromatic nitrogens is 1. The van der Waals surface area contributed by atoms with Gasteiger partial charge in [-0.25, -0.2) is 0 Å². The van der Waals surface area contributed by atoms with Crippen LogP contribution in [-0.4, -0.2) is 33.6 Å². The first-order valence-corrected chi connectivity index (χ1v) is 6.97. The van der Waals surface area contributed by atoms with Crippen LogP contribution in [0.4, 0.5) is 0 Å². The van der Waals surface area contributed by atoms with Crippen molar-refractivity contribution in [1.29, 1.82) is 0 Å². The minimum Gasteiger partial charge on any atom is -0.549 e. The maximum atomic E-state index is 9.97. The molecule has 0 saturated heterocycles. The van der Waals surface area contributed by atoms with Crippen LogP contribution in [0.3, 0.4) is 0 Å². The summed E-state index contributed by atoms with van der Waals surface area (Å²) in [6, 6.07) is 5.90. The van der Waals surface area contributed by atoms with Gasteiger partial charge >= 0.3 is 21.1 Å². The van der Waals surface area contributed by atoms with E-state index < -0.39 is 21.6 Å². The van der Waals surface area contributed by atoms with Crippen LogP contribution < -0.4 is 15.5 Å². The Morgan fingerprint density at radius 1 is 1.25 bits per heavy atom. The van der Waals surface area contributed by atoms with Crippen molar-refractivity contribution in [1.82, 2.24) is 10.3 Å². The Bertz CT molecular complexity index is 391. The molecule has 0 spiro atoms. The van der Waals surface area contributed by atoms with Crippen molar-refractivity contribution >= 4 is 43.8 Å². The molecule has 0 radical (unpaired) electrons. The number of halogens is 2. The van der Waals surface area contributed by atoms with Crippen LogP contribution in [0.5, 0.6) is 0 Å². The number of rotatable bonds is 5. The first-order valence-electron chi connectivity index (χ1n) is 5.14. The third kappa shape index (κ3) is 9.58. The van der Waals surface area contributed by atoms with Gasteiger partial charge in [0, 0.05) is 12.7 Å². The van der Waals surface area contributed by atoms with Gasteiger partial charge in [-0.3, -0.25) is 4.98 Å². The van der Waals surface area contributed by atoms with E-state index in [1.54, 1.807) is 6.20 Å². The largest absolute Gasteiger partial charge is 2.00 e. The number of nitrogens with one attached hydrogen (secondary N) is 1. The van der Waals surface area contributed by atoms with E-state index in [0.29, 0.717) is 0 Å². The Hall–Kier alpha value is -0.302. The van der Waals surface area contributed by atoms with Crippen molar-refractivity contribution in [3.63, 3.8) is 0 Å². The molecule has 1 N–H and O–H groups in total. The molecule has 0 amide bonds. The normalized spacial score (nSPS) is 12.2. The van der Waals surface area contributed by atoms with Crippen molar-refractivity contribution in [3.8, 4) is 0 Å². The molecule has 2 unspecified atom stereocenters. The van der Waals surface area contributed by atoms with Crippen LogP contribution in [0.1, 0.15) is 5.69 Å². The summed E-state index contributed by atoms with van der Waals surface area (Å²) in [7, 11) is 1.91. The van der Waals surface area contributed by atoms with E-state index in [1.165, 1.54) is 0 Å². The summed E-state index contributed by atoms with van der Waals surface area (Å²) in [5.41, 5.74) is 1.08. The van der Waals surface area contributed by atoms with Crippen LogP contribution >= 0.6 is 31.9 Å². The Balaban J connectivity index is 0. The standard InChI is InChI=1S/C7H10N2.C4H4Br2O4.Pt/c1-8-6-7-4-2-3-5-9-7;5-1(3(7)8)2(6)4(9)10;/h2-5,8H,6H2,1H3;1-2H,(H,7,8)(H,9,10);/q;;+2/p-2. The summed E-state index contributed by atoms with van der Waals surface area (Å²) < 4.78 is 0. The van der Waals surface area contributed by atoms with E-state index in [9.17, 15) is 19.8 Å². The number of pyridine rings is 1. The number of hydrogen-bond donors (Lipinski definition) is 1. The van der Waals surface area contributed by atoms with Crippen molar-refractivity contribution in [3.05, 3.63) is 30.1 Å². The smallest absolute Gasteiger partial charge is 0.549 e. The van der Waals surface area contributed by atoms with Gasteiger partial charge in [-0.05, 0) is 19.2 Å². The van der Waals surface area contributed by atoms with Gasteiger partial charge in [-0.2, -0.15) is 0 Å². The molecule has 0 aliphatic carbocycles. The van der Waals surface area contributed by atoms with E-state index in [0.717, 1.165) is 12.2 Å². The number of carbonyl (C=O) groups is 2. The van der Waals surface area contributed by atoms with Crippen molar-refractivity contribution in [2.45, 2.75) is 16.2 Å². The third-order valence-electron chi connectivity index (χ3n) is 1.79. The minimum atomic E-state index is -1.49. The van der Waals surface area contributed by atoms with E-state index in [4.69, 9.17) is 0 Å². The molecule has 0 fully saturated rings. The first-order chi connectivity index (χ1) is 8.90. The van der Waals surface area contributed by atoms with Crippen molar-refractivity contribution in [2.24, 2.45) is 0 Å². The molecule has 20 heavy (non-hydrogen) atoms. The number of carboxylic acid groups (broad SMARTS) is 2. The zero-order valence-electron chi connectivity index (χ0n) is 10.3. The Morgan fingerprint density at radius 3 is 2.05 bits per heavy atom. The third-order valence-corrected chi connectivity index (χ3v) is 4.31. The van der Waals surface area contributed by atoms with Gasteiger partial charge < -0.3 is 25.1 Å². The summed E-state index contributed by atoms with van der Waals surface area (Å²) in [6.07, 6.45) is 1.80. The molecule has 1 aromatic heterocycles. The number of nitrogens with zero attached hydrogens (tertiary/aromatic N) is 1. The topological polar surface area (TPSA) is 105 Å². The second-order valence-corrected chi connectivity index (χ2v) is 5.27. The van der Waals surface area contributed by atoms with Crippen molar-refractivity contribution in [2.75, 3.05) is 7.05 Å². The average molecular weight is 591 g/mol. The van der Waals surface area contributed by atoms with Gasteiger partial charge in [0.25, 0.3) is 0 Å². The minimum absolute atomic E-state index is 0. The maximum absolute atomic E-state index is 9.97. The molecule has 2 atom stereocenters. The van der Waals surface area contributed by atoms with Crippen LogP contribution in [-0.2, 0) is 37.2 Å². The van der Waals surface area contributed by atoms with Crippen LogP contribution in [0.25, 0.3) is 0 Å². The summed E-state index contributed by atoms with van der Waals surface area (Å²) >= 11 is 5.16. The molecule has 1 rings (SSSR count). The molecule has 0 bridgehead atoms. The predicted octanol–water partition coefficient (Wildman–Crippen LogP) is -1.19. The molecule has 114 valence electrons. The molecular weight excluding hydrogens is 579 g/mol. The first kappa shape index (κ1) is 22.0. The van der Waals surface area contributed by atoms with E-state index in [-0.39, 0.29) is 21.1 Å². The van der Waals surface area contributed by atoms with Crippen molar-refractivity contribution < 1.29 is 40.9 Å². The van der Waals surface area contributed by atoms with Crippen LogP contribution in [0, 0.1) is 0 Å². The molecule has 0 aliphatic heterocycles. The van der Waals surface area contributed by atoms with Crippen LogP contribution in [0.15, 0.2) is 24.4 Å². The van der Waals surface area contributed by atoms with Gasteiger partial charge in [0.1, 0.15) is 0 Å². The summed E-state index contributed by atoms with van der Waals surface area (Å²) in [5, 5.41) is 23.0. The predicted molar refractivity (Wildman–Crippen MR) is 72.4 cm³/mol. The van der Waals surface area contributed by atoms with Gasteiger partial charge in [0.05, 0.1) is 27.3 Å². The van der Waals surface area contributed by atoms with Gasteiger partial charge in [0.2, 0.25) is 0 Å². The monoisotopic (exact) mass is 589 g/mol. The molecule has 0 aliphatic rings. The second kappa shape index (κ2) is 12.4. The fourth-order valence-electron chi connectivity index (χ4n) is 0.923. The fraction of sp³-hybridized carbons (Fsp3) is 0.364. The van der Waals surface area contributed by atoms with Gasteiger partial charge in [0.15, 0.2) is 0 Å². The molecule has 0 aromatic carbocycles. The van der Waals surface area contributed by atoms with E-state index in [2.05, 4.69) is 42.2 Å². The Labute approximate surface area is 147 Å². The molecule has 0 saturated carbocycles. The number of alkyl halides is 2. The fourth-order valence-corrected chi connectivity index (χ4v) is 1.35. The maximum Gasteiger partial charge on any atom is 2.00 e. The molecule has 9 heteroatoms. The Morgan fingerprint density at radius 2 is 1.75 bits per heavy atom. The zero-order valence-corrected chi connectivity index (χ0v) is 15.8. The average Bonchev–Trinajstić information content (AvgIpc) is 2.39. The quantitative estimate of drug-likeness (QED) is 0.433. The second-order valence-electron chi connectivity index (χ2n) is 3.29. The molecule has 1 aromatic rings. The van der Waals surface area contributed by atoms with Crippen LogP contribution in [0.2, 0.25) is 0 Å². The number of carboxylic acids is 2. The van der Waals surface area contributed by atoms with Gasteiger partial charge in [-0.1, -0.05) is 37.9 Å². The SMILES string of the molecule is CNCc1ccccn1.O=C([O-])C(Br)C(Br)C(=O)[O-].[Pt+2]. The van der Waals surface area contributed by atoms with E-state index in [1.807, 2.05) is 25.2 Å². The summed E-state index contributed by atoms with van der Waals surface area (Å²) in [5.74, 6) is -2.99. The number of aliphatic carboxylic acids is 2. The summed E-state index contributed by atoms with van der Waals surface area (Å²) in [4.78, 5) is 21.5. The van der Waals surface area contributed by atoms with E-state index >= 15 is 0 Å². The summed E-state index contributed by atoms with van der Waals surface area (Å²) in [6.45, 7) is 0.848. The molecule has 1 heterocycles. The van der Waals surface area contributed by atoms with Gasteiger partial charge in [-0.15, -0.1) is 0 Å². The Kier molecular flexibility index (Phi) is 13.7. The number of carbonyl (C=O) groups excluding carboxylic acids is 2.